The molecule has 1 heterocycles. The maximum absolute atomic E-state index is 12.7. The van der Waals surface area contributed by atoms with E-state index in [0.29, 0.717) is 11.4 Å². The Balaban J connectivity index is 2.17. The summed E-state index contributed by atoms with van der Waals surface area (Å²) in [6.07, 6.45) is 1.18. The Kier molecular flexibility index (Phi) is 4.11. The van der Waals surface area contributed by atoms with Crippen molar-refractivity contribution in [1.29, 1.82) is 0 Å². The molecule has 0 bridgehead atoms. The maximum Gasteiger partial charge on any atom is 0.257 e. The van der Waals surface area contributed by atoms with Crippen molar-refractivity contribution in [1.82, 2.24) is 4.98 Å². The van der Waals surface area contributed by atoms with Crippen molar-refractivity contribution in [2.75, 3.05) is 12.4 Å². The third-order valence-electron chi connectivity index (χ3n) is 2.40. The summed E-state index contributed by atoms with van der Waals surface area (Å²) in [6.45, 7) is 0. The SMILES string of the molecule is COc1cc(NC(=O)c2ccc(F)nc2)ccc1Br. The zero-order valence-electron chi connectivity index (χ0n) is 9.98. The summed E-state index contributed by atoms with van der Waals surface area (Å²) in [5.41, 5.74) is 0.859. The number of amides is 1. The number of ether oxygens (including phenoxy) is 1. The summed E-state index contributed by atoms with van der Waals surface area (Å²) in [5.74, 6) is -0.381. The second-order valence-corrected chi connectivity index (χ2v) is 4.53. The summed E-state index contributed by atoms with van der Waals surface area (Å²) in [4.78, 5) is 15.3. The Morgan fingerprint density at radius 2 is 2.16 bits per heavy atom. The molecule has 0 aliphatic carbocycles. The van der Waals surface area contributed by atoms with E-state index in [1.54, 1.807) is 18.2 Å². The molecular weight excluding hydrogens is 315 g/mol. The fourth-order valence-corrected chi connectivity index (χ4v) is 1.86. The lowest BCUT2D eigenvalue weighted by Crippen LogP contribution is -2.12. The van der Waals surface area contributed by atoms with Gasteiger partial charge in [-0.3, -0.25) is 4.79 Å². The van der Waals surface area contributed by atoms with Crippen molar-refractivity contribution in [2.24, 2.45) is 0 Å². The minimum Gasteiger partial charge on any atom is -0.495 e. The number of pyridine rings is 1. The first-order chi connectivity index (χ1) is 9.10. The fraction of sp³-hybridized carbons (Fsp3) is 0.0769. The molecule has 19 heavy (non-hydrogen) atoms. The number of hydrogen-bond acceptors (Lipinski definition) is 3. The number of carbonyl (C=O) groups is 1. The van der Waals surface area contributed by atoms with E-state index in [1.807, 2.05) is 0 Å². The first-order valence-electron chi connectivity index (χ1n) is 5.36. The van der Waals surface area contributed by atoms with Crippen molar-refractivity contribution < 1.29 is 13.9 Å². The molecule has 98 valence electrons. The van der Waals surface area contributed by atoms with Crippen LogP contribution >= 0.6 is 15.9 Å². The van der Waals surface area contributed by atoms with Gasteiger partial charge in [0, 0.05) is 18.0 Å². The normalized spacial score (nSPS) is 10.1. The predicted molar refractivity (Wildman–Crippen MR) is 72.8 cm³/mol. The molecule has 0 saturated heterocycles. The largest absolute Gasteiger partial charge is 0.495 e. The topological polar surface area (TPSA) is 51.2 Å². The number of rotatable bonds is 3. The van der Waals surface area contributed by atoms with Crippen molar-refractivity contribution in [3.05, 3.63) is 52.5 Å². The predicted octanol–water partition coefficient (Wildman–Crippen LogP) is 3.24. The van der Waals surface area contributed by atoms with E-state index in [4.69, 9.17) is 4.74 Å². The number of hydrogen-bond donors (Lipinski definition) is 1. The van der Waals surface area contributed by atoms with Gasteiger partial charge in [-0.15, -0.1) is 0 Å². The van der Waals surface area contributed by atoms with Crippen LogP contribution in [0.5, 0.6) is 5.75 Å². The number of anilines is 1. The van der Waals surface area contributed by atoms with E-state index >= 15 is 0 Å². The van der Waals surface area contributed by atoms with Crippen LogP contribution in [0.1, 0.15) is 10.4 Å². The zero-order chi connectivity index (χ0) is 13.8. The summed E-state index contributed by atoms with van der Waals surface area (Å²) >= 11 is 3.32. The van der Waals surface area contributed by atoms with Gasteiger partial charge in [0.05, 0.1) is 17.1 Å². The zero-order valence-corrected chi connectivity index (χ0v) is 11.6. The van der Waals surface area contributed by atoms with Crippen LogP contribution in [0.25, 0.3) is 0 Å². The minimum atomic E-state index is -0.623. The first-order valence-corrected chi connectivity index (χ1v) is 6.16. The molecule has 1 N–H and O–H groups in total. The Bertz CT molecular complexity index is 602. The maximum atomic E-state index is 12.7. The molecule has 0 aliphatic heterocycles. The average molecular weight is 325 g/mol. The Morgan fingerprint density at radius 1 is 1.37 bits per heavy atom. The van der Waals surface area contributed by atoms with Crippen LogP contribution in [-0.4, -0.2) is 18.0 Å². The van der Waals surface area contributed by atoms with E-state index in [9.17, 15) is 9.18 Å². The van der Waals surface area contributed by atoms with Crippen LogP contribution < -0.4 is 10.1 Å². The van der Waals surface area contributed by atoms with Gasteiger partial charge >= 0.3 is 0 Å². The Hall–Kier alpha value is -1.95. The molecule has 0 unspecified atom stereocenters. The molecule has 1 aromatic carbocycles. The summed E-state index contributed by atoms with van der Waals surface area (Å²) in [6, 6.07) is 7.67. The molecule has 4 nitrogen and oxygen atoms in total. The molecule has 0 radical (unpaired) electrons. The standard InChI is InChI=1S/C13H10BrFN2O2/c1-19-11-6-9(3-4-10(11)14)17-13(18)8-2-5-12(15)16-7-8/h2-7H,1H3,(H,17,18). The highest BCUT2D eigenvalue weighted by Gasteiger charge is 2.08. The number of benzene rings is 1. The summed E-state index contributed by atoms with van der Waals surface area (Å²) < 4.78 is 18.6. The lowest BCUT2D eigenvalue weighted by molar-refractivity contribution is 0.102. The van der Waals surface area contributed by atoms with Crippen molar-refractivity contribution in [3.63, 3.8) is 0 Å². The molecule has 6 heteroatoms. The highest BCUT2D eigenvalue weighted by atomic mass is 79.9. The van der Waals surface area contributed by atoms with Crippen molar-refractivity contribution in [3.8, 4) is 5.75 Å². The number of aromatic nitrogens is 1. The second kappa shape index (κ2) is 5.79. The van der Waals surface area contributed by atoms with E-state index in [-0.39, 0.29) is 11.5 Å². The minimum absolute atomic E-state index is 0.281. The van der Waals surface area contributed by atoms with Gasteiger partial charge in [0.25, 0.3) is 5.91 Å². The molecule has 2 aromatic rings. The molecule has 0 spiro atoms. The van der Waals surface area contributed by atoms with Crippen LogP contribution in [0.3, 0.4) is 0 Å². The van der Waals surface area contributed by atoms with Gasteiger partial charge in [-0.2, -0.15) is 4.39 Å². The lowest BCUT2D eigenvalue weighted by atomic mass is 10.2. The second-order valence-electron chi connectivity index (χ2n) is 3.67. The van der Waals surface area contributed by atoms with Crippen LogP contribution in [0, 0.1) is 5.95 Å². The number of methoxy groups -OCH3 is 1. The van der Waals surface area contributed by atoms with Gasteiger partial charge in [-0.1, -0.05) is 0 Å². The van der Waals surface area contributed by atoms with E-state index < -0.39 is 5.95 Å². The van der Waals surface area contributed by atoms with Gasteiger partial charge in [0.15, 0.2) is 0 Å². The number of nitrogens with zero attached hydrogens (tertiary/aromatic N) is 1. The number of carbonyl (C=O) groups excluding carboxylic acids is 1. The number of halogens is 2. The van der Waals surface area contributed by atoms with Crippen molar-refractivity contribution >= 4 is 27.5 Å². The molecule has 2 rings (SSSR count). The summed E-state index contributed by atoms with van der Waals surface area (Å²) in [5, 5.41) is 2.68. The molecule has 0 atom stereocenters. The molecule has 0 aliphatic rings. The van der Waals surface area contributed by atoms with Crippen LogP contribution in [-0.2, 0) is 0 Å². The van der Waals surface area contributed by atoms with Gasteiger partial charge in [0.2, 0.25) is 5.95 Å². The smallest absolute Gasteiger partial charge is 0.257 e. The fourth-order valence-electron chi connectivity index (χ4n) is 1.45. The van der Waals surface area contributed by atoms with E-state index in [1.165, 1.54) is 19.4 Å². The molecular formula is C13H10BrFN2O2. The number of nitrogens with one attached hydrogen (secondary N) is 1. The highest BCUT2D eigenvalue weighted by Crippen LogP contribution is 2.27. The van der Waals surface area contributed by atoms with Crippen LogP contribution in [0.15, 0.2) is 41.0 Å². The highest BCUT2D eigenvalue weighted by molar-refractivity contribution is 9.10. The van der Waals surface area contributed by atoms with Gasteiger partial charge < -0.3 is 10.1 Å². The van der Waals surface area contributed by atoms with Gasteiger partial charge in [0.1, 0.15) is 5.75 Å². The van der Waals surface area contributed by atoms with Crippen LogP contribution in [0.4, 0.5) is 10.1 Å². The first kappa shape index (κ1) is 13.5. The monoisotopic (exact) mass is 324 g/mol. The Labute approximate surface area is 117 Å². The summed E-state index contributed by atoms with van der Waals surface area (Å²) in [7, 11) is 1.54. The molecule has 0 fully saturated rings. The van der Waals surface area contributed by atoms with Gasteiger partial charge in [-0.05, 0) is 40.2 Å². The quantitative estimate of drug-likeness (QED) is 0.882. The molecule has 1 aromatic heterocycles. The van der Waals surface area contributed by atoms with E-state index in [0.717, 1.165) is 10.5 Å². The van der Waals surface area contributed by atoms with Crippen LogP contribution in [0.2, 0.25) is 0 Å². The van der Waals surface area contributed by atoms with E-state index in [2.05, 4.69) is 26.2 Å². The molecule has 0 saturated carbocycles. The average Bonchev–Trinajstić information content (AvgIpc) is 2.41. The van der Waals surface area contributed by atoms with Crippen molar-refractivity contribution in [2.45, 2.75) is 0 Å². The Morgan fingerprint density at radius 3 is 2.79 bits per heavy atom. The molecule has 1 amide bonds. The lowest BCUT2D eigenvalue weighted by Gasteiger charge is -2.08. The van der Waals surface area contributed by atoms with Gasteiger partial charge in [-0.25, -0.2) is 4.98 Å². The third kappa shape index (κ3) is 3.29. The third-order valence-corrected chi connectivity index (χ3v) is 3.05.